The van der Waals surface area contributed by atoms with Gasteiger partial charge in [-0.3, -0.25) is 0 Å². The fourth-order valence-electron chi connectivity index (χ4n) is 2.09. The Morgan fingerprint density at radius 1 is 1.45 bits per heavy atom. The van der Waals surface area contributed by atoms with Crippen LogP contribution in [0.15, 0.2) is 17.0 Å². The second-order valence-corrected chi connectivity index (χ2v) is 7.40. The van der Waals surface area contributed by atoms with Crippen LogP contribution in [0.2, 0.25) is 5.02 Å². The first-order chi connectivity index (χ1) is 9.31. The molecule has 0 atom stereocenters. The van der Waals surface area contributed by atoms with Gasteiger partial charge < -0.3 is 10.6 Å². The van der Waals surface area contributed by atoms with Crippen LogP contribution in [0.4, 0.5) is 5.69 Å². The van der Waals surface area contributed by atoms with Crippen LogP contribution in [-0.4, -0.2) is 39.5 Å². The number of hydrogen-bond acceptors (Lipinski definition) is 4. The first-order valence-electron chi connectivity index (χ1n) is 6.57. The van der Waals surface area contributed by atoms with Gasteiger partial charge in [-0.25, -0.2) is 13.1 Å². The highest BCUT2D eigenvalue weighted by Crippen LogP contribution is 2.26. The summed E-state index contributed by atoms with van der Waals surface area (Å²) in [4.78, 5) is 2.32. The molecular formula is C13H20ClN3O2S. The molecule has 0 bridgehead atoms. The maximum atomic E-state index is 12.3. The van der Waals surface area contributed by atoms with Crippen LogP contribution in [0.25, 0.3) is 0 Å². The zero-order valence-electron chi connectivity index (χ0n) is 11.7. The molecule has 5 nitrogen and oxygen atoms in total. The Bertz CT molecular complexity index is 600. The van der Waals surface area contributed by atoms with E-state index >= 15 is 0 Å². The summed E-state index contributed by atoms with van der Waals surface area (Å²) in [6.45, 7) is 2.75. The van der Waals surface area contributed by atoms with Gasteiger partial charge in [0, 0.05) is 29.8 Å². The number of nitrogens with two attached hydrogens (primary N) is 1. The van der Waals surface area contributed by atoms with Crippen molar-refractivity contribution in [1.82, 2.24) is 9.62 Å². The van der Waals surface area contributed by atoms with Crippen LogP contribution < -0.4 is 10.5 Å². The number of benzene rings is 1. The third kappa shape index (κ3) is 3.63. The number of halogens is 1. The molecule has 20 heavy (non-hydrogen) atoms. The Labute approximate surface area is 125 Å². The molecule has 0 unspecified atom stereocenters. The standard InChI is InChI=1S/C13H20ClN3O2S/c1-9-12(15)7-10(14)8-13(9)20(18,19)16-5-6-17(2)11-3-4-11/h7-8,11,16H,3-6,15H2,1-2H3. The molecule has 1 aromatic carbocycles. The molecule has 0 aliphatic heterocycles. The minimum absolute atomic E-state index is 0.150. The van der Waals surface area contributed by atoms with Gasteiger partial charge in [-0.15, -0.1) is 0 Å². The van der Waals surface area contributed by atoms with Gasteiger partial charge in [-0.1, -0.05) is 11.6 Å². The van der Waals surface area contributed by atoms with E-state index in [-0.39, 0.29) is 4.90 Å². The fourth-order valence-corrected chi connectivity index (χ4v) is 3.70. The lowest BCUT2D eigenvalue weighted by Crippen LogP contribution is -2.34. The Hall–Kier alpha value is -0.820. The van der Waals surface area contributed by atoms with Crippen LogP contribution in [0.5, 0.6) is 0 Å². The molecule has 3 N–H and O–H groups in total. The summed E-state index contributed by atoms with van der Waals surface area (Å²) in [5.41, 5.74) is 6.67. The summed E-state index contributed by atoms with van der Waals surface area (Å²) in [7, 11) is -1.57. The van der Waals surface area contributed by atoms with Crippen molar-refractivity contribution in [3.8, 4) is 0 Å². The van der Waals surface area contributed by atoms with Gasteiger partial charge in [0.05, 0.1) is 4.90 Å². The minimum atomic E-state index is -3.58. The SMILES string of the molecule is Cc1c(N)cc(Cl)cc1S(=O)(=O)NCCN(C)C1CC1. The molecule has 7 heteroatoms. The molecule has 0 amide bonds. The maximum absolute atomic E-state index is 12.3. The van der Waals surface area contributed by atoms with Gasteiger partial charge in [-0.05, 0) is 44.5 Å². The number of likely N-dealkylation sites (N-methyl/N-ethyl adjacent to an activating group) is 1. The number of sulfonamides is 1. The predicted molar refractivity (Wildman–Crippen MR) is 81.4 cm³/mol. The number of hydrogen-bond donors (Lipinski definition) is 2. The number of anilines is 1. The van der Waals surface area contributed by atoms with E-state index < -0.39 is 10.0 Å². The van der Waals surface area contributed by atoms with E-state index in [1.807, 2.05) is 7.05 Å². The molecule has 1 fully saturated rings. The summed E-state index contributed by atoms with van der Waals surface area (Å²) in [6.07, 6.45) is 2.40. The highest BCUT2D eigenvalue weighted by atomic mass is 35.5. The van der Waals surface area contributed by atoms with Crippen molar-refractivity contribution < 1.29 is 8.42 Å². The van der Waals surface area contributed by atoms with E-state index in [0.717, 1.165) is 0 Å². The third-order valence-corrected chi connectivity index (χ3v) is 5.39. The topological polar surface area (TPSA) is 75.4 Å². The third-order valence-electron chi connectivity index (χ3n) is 3.58. The normalized spacial score (nSPS) is 15.8. The van der Waals surface area contributed by atoms with Crippen molar-refractivity contribution in [2.75, 3.05) is 25.9 Å². The van der Waals surface area contributed by atoms with Crippen molar-refractivity contribution >= 4 is 27.3 Å². The Balaban J connectivity index is 2.06. The molecule has 0 spiro atoms. The molecule has 0 heterocycles. The molecule has 0 radical (unpaired) electrons. The fraction of sp³-hybridized carbons (Fsp3) is 0.538. The van der Waals surface area contributed by atoms with Crippen molar-refractivity contribution in [3.63, 3.8) is 0 Å². The molecule has 0 aromatic heterocycles. The second-order valence-electron chi connectivity index (χ2n) is 5.23. The molecule has 0 saturated heterocycles. The summed E-state index contributed by atoms with van der Waals surface area (Å²) in [5, 5.41) is 0.323. The average molecular weight is 318 g/mol. The van der Waals surface area contributed by atoms with Crippen LogP contribution in [0, 0.1) is 6.92 Å². The zero-order chi connectivity index (χ0) is 14.9. The number of nitrogens with one attached hydrogen (secondary N) is 1. The van der Waals surface area contributed by atoms with Gasteiger partial charge in [0.2, 0.25) is 10.0 Å². The summed E-state index contributed by atoms with van der Waals surface area (Å²) >= 11 is 5.88. The Morgan fingerprint density at radius 3 is 2.70 bits per heavy atom. The molecular weight excluding hydrogens is 298 g/mol. The minimum Gasteiger partial charge on any atom is -0.398 e. The van der Waals surface area contributed by atoms with E-state index in [1.165, 1.54) is 18.9 Å². The van der Waals surface area contributed by atoms with Gasteiger partial charge in [0.25, 0.3) is 0 Å². The summed E-state index contributed by atoms with van der Waals surface area (Å²) in [5.74, 6) is 0. The summed E-state index contributed by atoms with van der Waals surface area (Å²) < 4.78 is 27.2. The molecule has 2 rings (SSSR count). The van der Waals surface area contributed by atoms with E-state index in [0.29, 0.717) is 35.4 Å². The molecule has 1 aliphatic rings. The number of rotatable bonds is 6. The van der Waals surface area contributed by atoms with Crippen LogP contribution in [0.1, 0.15) is 18.4 Å². The lowest BCUT2D eigenvalue weighted by Gasteiger charge is -2.16. The lowest BCUT2D eigenvalue weighted by atomic mass is 10.2. The first kappa shape index (κ1) is 15.6. The highest BCUT2D eigenvalue weighted by Gasteiger charge is 2.26. The van der Waals surface area contributed by atoms with E-state index in [2.05, 4.69) is 9.62 Å². The number of nitrogen functional groups attached to an aromatic ring is 1. The van der Waals surface area contributed by atoms with Crippen LogP contribution in [-0.2, 0) is 10.0 Å². The molecule has 1 aliphatic carbocycles. The van der Waals surface area contributed by atoms with E-state index in [4.69, 9.17) is 17.3 Å². The van der Waals surface area contributed by atoms with Crippen molar-refractivity contribution in [2.24, 2.45) is 0 Å². The predicted octanol–water partition coefficient (Wildman–Crippen LogP) is 1.60. The van der Waals surface area contributed by atoms with Gasteiger partial charge in [0.1, 0.15) is 0 Å². The van der Waals surface area contributed by atoms with Gasteiger partial charge in [-0.2, -0.15) is 0 Å². The quantitative estimate of drug-likeness (QED) is 0.782. The maximum Gasteiger partial charge on any atom is 0.241 e. The second kappa shape index (κ2) is 5.89. The first-order valence-corrected chi connectivity index (χ1v) is 8.43. The molecule has 112 valence electrons. The van der Waals surface area contributed by atoms with E-state index in [9.17, 15) is 8.42 Å². The Morgan fingerprint density at radius 2 is 2.10 bits per heavy atom. The Kier molecular flexibility index (Phi) is 4.59. The summed E-state index contributed by atoms with van der Waals surface area (Å²) in [6, 6.07) is 3.60. The van der Waals surface area contributed by atoms with Crippen molar-refractivity contribution in [1.29, 1.82) is 0 Å². The monoisotopic (exact) mass is 317 g/mol. The molecule has 1 saturated carbocycles. The smallest absolute Gasteiger partial charge is 0.241 e. The largest absolute Gasteiger partial charge is 0.398 e. The average Bonchev–Trinajstić information content (AvgIpc) is 3.17. The van der Waals surface area contributed by atoms with Gasteiger partial charge >= 0.3 is 0 Å². The molecule has 1 aromatic rings. The highest BCUT2D eigenvalue weighted by molar-refractivity contribution is 7.89. The van der Waals surface area contributed by atoms with Crippen LogP contribution >= 0.6 is 11.6 Å². The van der Waals surface area contributed by atoms with Crippen molar-refractivity contribution in [3.05, 3.63) is 22.7 Å². The lowest BCUT2D eigenvalue weighted by molar-refractivity contribution is 0.329. The van der Waals surface area contributed by atoms with Crippen LogP contribution in [0.3, 0.4) is 0 Å². The number of nitrogens with zero attached hydrogens (tertiary/aromatic N) is 1. The zero-order valence-corrected chi connectivity index (χ0v) is 13.3. The van der Waals surface area contributed by atoms with Crippen molar-refractivity contribution in [2.45, 2.75) is 30.7 Å². The van der Waals surface area contributed by atoms with Gasteiger partial charge in [0.15, 0.2) is 0 Å². The van der Waals surface area contributed by atoms with E-state index in [1.54, 1.807) is 13.0 Å².